The second-order valence-electron chi connectivity index (χ2n) is 4.45. The minimum atomic E-state index is -0.328. The molecule has 0 aliphatic carbocycles. The highest BCUT2D eigenvalue weighted by molar-refractivity contribution is 5.90. The number of rotatable bonds is 8. The average molecular weight is 269 g/mol. The van der Waals surface area contributed by atoms with Gasteiger partial charge in [0.05, 0.1) is 31.2 Å². The molecule has 1 aromatic rings. The monoisotopic (exact) mass is 269 g/mol. The van der Waals surface area contributed by atoms with E-state index in [0.29, 0.717) is 25.3 Å². The Morgan fingerprint density at radius 3 is 2.89 bits per heavy atom. The Hall–Kier alpha value is -1.40. The van der Waals surface area contributed by atoms with Gasteiger partial charge < -0.3 is 14.8 Å². The smallest absolute Gasteiger partial charge is 0.341 e. The third-order valence-corrected chi connectivity index (χ3v) is 2.58. The van der Waals surface area contributed by atoms with Crippen molar-refractivity contribution in [3.8, 4) is 0 Å². The minimum absolute atomic E-state index is 0.230. The zero-order valence-electron chi connectivity index (χ0n) is 12.1. The van der Waals surface area contributed by atoms with Crippen LogP contribution in [0, 0.1) is 0 Å². The van der Waals surface area contributed by atoms with E-state index in [1.165, 1.54) is 0 Å². The molecule has 19 heavy (non-hydrogen) atoms. The van der Waals surface area contributed by atoms with Crippen molar-refractivity contribution in [1.82, 2.24) is 15.1 Å². The number of hydrogen-bond donors (Lipinski definition) is 1. The molecule has 0 aliphatic heterocycles. The summed E-state index contributed by atoms with van der Waals surface area (Å²) in [5, 5.41) is 7.32. The van der Waals surface area contributed by atoms with Crippen molar-refractivity contribution >= 4 is 5.97 Å². The van der Waals surface area contributed by atoms with Crippen LogP contribution in [0.1, 0.15) is 36.8 Å². The first-order chi connectivity index (χ1) is 9.06. The number of nitrogens with zero attached hydrogens (tertiary/aromatic N) is 2. The molecule has 0 saturated heterocycles. The van der Waals surface area contributed by atoms with Gasteiger partial charge in [0, 0.05) is 20.1 Å². The average Bonchev–Trinajstić information content (AvgIpc) is 2.70. The molecule has 0 bridgehead atoms. The topological polar surface area (TPSA) is 65.4 Å². The van der Waals surface area contributed by atoms with Gasteiger partial charge >= 0.3 is 5.97 Å². The number of carbonyl (C=O) groups excluding carboxylic acids is 1. The molecule has 1 rings (SSSR count). The molecule has 6 nitrogen and oxygen atoms in total. The molecule has 0 radical (unpaired) electrons. The van der Waals surface area contributed by atoms with Crippen molar-refractivity contribution in [3.05, 3.63) is 17.5 Å². The highest BCUT2D eigenvalue weighted by Gasteiger charge is 2.16. The van der Waals surface area contributed by atoms with Crippen molar-refractivity contribution < 1.29 is 14.3 Å². The van der Waals surface area contributed by atoms with Crippen LogP contribution in [0.3, 0.4) is 0 Å². The van der Waals surface area contributed by atoms with Crippen LogP contribution < -0.4 is 5.32 Å². The number of nitrogens with one attached hydrogen (secondary N) is 1. The number of aromatic nitrogens is 2. The Kier molecular flexibility index (Phi) is 6.52. The highest BCUT2D eigenvalue weighted by atomic mass is 16.5. The number of carbonyl (C=O) groups is 1. The van der Waals surface area contributed by atoms with Crippen LogP contribution in [0.4, 0.5) is 0 Å². The van der Waals surface area contributed by atoms with E-state index in [1.807, 2.05) is 20.9 Å². The molecule has 0 aromatic carbocycles. The van der Waals surface area contributed by atoms with Crippen LogP contribution in [0.15, 0.2) is 6.20 Å². The lowest BCUT2D eigenvalue weighted by Gasteiger charge is -2.10. The second kappa shape index (κ2) is 7.91. The van der Waals surface area contributed by atoms with Crippen LogP contribution in [-0.2, 0) is 23.1 Å². The Morgan fingerprint density at radius 2 is 2.26 bits per heavy atom. The Labute approximate surface area is 114 Å². The molecule has 0 aliphatic rings. The number of esters is 1. The standard InChI is InChI=1S/C13H23N3O3/c1-5-18-13(17)11-8-15-16(4)12(11)9-14-6-7-19-10(2)3/h8,10,14H,5-7,9H2,1-4H3. The number of hydrogen-bond acceptors (Lipinski definition) is 5. The third-order valence-electron chi connectivity index (χ3n) is 2.58. The molecule has 0 saturated carbocycles. The van der Waals surface area contributed by atoms with Crippen LogP contribution in [-0.4, -0.2) is 41.6 Å². The number of ether oxygens (including phenoxy) is 2. The summed E-state index contributed by atoms with van der Waals surface area (Å²) >= 11 is 0. The van der Waals surface area contributed by atoms with Gasteiger partial charge in [-0.05, 0) is 20.8 Å². The Morgan fingerprint density at radius 1 is 1.53 bits per heavy atom. The highest BCUT2D eigenvalue weighted by Crippen LogP contribution is 2.09. The van der Waals surface area contributed by atoms with E-state index in [9.17, 15) is 4.79 Å². The van der Waals surface area contributed by atoms with E-state index >= 15 is 0 Å². The first-order valence-electron chi connectivity index (χ1n) is 6.56. The van der Waals surface area contributed by atoms with Crippen LogP contribution >= 0.6 is 0 Å². The zero-order chi connectivity index (χ0) is 14.3. The molecule has 0 unspecified atom stereocenters. The fraction of sp³-hybridized carbons (Fsp3) is 0.692. The van der Waals surface area contributed by atoms with Gasteiger partial charge in [-0.15, -0.1) is 0 Å². The molecule has 108 valence electrons. The maximum Gasteiger partial charge on any atom is 0.341 e. The van der Waals surface area contributed by atoms with E-state index in [4.69, 9.17) is 9.47 Å². The van der Waals surface area contributed by atoms with Gasteiger partial charge in [-0.25, -0.2) is 4.79 Å². The van der Waals surface area contributed by atoms with Gasteiger partial charge in [0.1, 0.15) is 5.56 Å². The van der Waals surface area contributed by atoms with E-state index in [2.05, 4.69) is 10.4 Å². The minimum Gasteiger partial charge on any atom is -0.462 e. The molecule has 0 amide bonds. The molecular formula is C13H23N3O3. The van der Waals surface area contributed by atoms with Crippen molar-refractivity contribution in [3.63, 3.8) is 0 Å². The summed E-state index contributed by atoms with van der Waals surface area (Å²) in [5.74, 6) is -0.328. The molecule has 1 aromatic heterocycles. The van der Waals surface area contributed by atoms with Gasteiger partial charge in [0.15, 0.2) is 0 Å². The molecular weight excluding hydrogens is 246 g/mol. The quantitative estimate of drug-likeness (QED) is 0.566. The largest absolute Gasteiger partial charge is 0.462 e. The van der Waals surface area contributed by atoms with Gasteiger partial charge in [-0.2, -0.15) is 5.10 Å². The summed E-state index contributed by atoms with van der Waals surface area (Å²) in [7, 11) is 1.81. The summed E-state index contributed by atoms with van der Waals surface area (Å²) in [6.07, 6.45) is 1.77. The Balaban J connectivity index is 2.48. The van der Waals surface area contributed by atoms with Crippen molar-refractivity contribution in [1.29, 1.82) is 0 Å². The lowest BCUT2D eigenvalue weighted by molar-refractivity contribution is 0.0524. The molecule has 1 heterocycles. The molecule has 1 N–H and O–H groups in total. The first-order valence-corrected chi connectivity index (χ1v) is 6.56. The summed E-state index contributed by atoms with van der Waals surface area (Å²) < 4.78 is 12.1. The Bertz CT molecular complexity index is 402. The third kappa shape index (κ3) is 5.00. The van der Waals surface area contributed by atoms with Crippen molar-refractivity contribution in [2.75, 3.05) is 19.8 Å². The van der Waals surface area contributed by atoms with Crippen LogP contribution in [0.2, 0.25) is 0 Å². The molecule has 6 heteroatoms. The van der Waals surface area contributed by atoms with E-state index < -0.39 is 0 Å². The lowest BCUT2D eigenvalue weighted by Crippen LogP contribution is -2.23. The van der Waals surface area contributed by atoms with Crippen molar-refractivity contribution in [2.45, 2.75) is 33.4 Å². The summed E-state index contributed by atoms with van der Waals surface area (Å²) in [4.78, 5) is 11.7. The maximum atomic E-state index is 11.7. The summed E-state index contributed by atoms with van der Waals surface area (Å²) in [5.41, 5.74) is 1.34. The van der Waals surface area contributed by atoms with Gasteiger partial charge in [0.2, 0.25) is 0 Å². The maximum absolute atomic E-state index is 11.7. The van der Waals surface area contributed by atoms with Gasteiger partial charge in [-0.1, -0.05) is 0 Å². The van der Waals surface area contributed by atoms with Gasteiger partial charge in [0.25, 0.3) is 0 Å². The summed E-state index contributed by atoms with van der Waals surface area (Å²) in [6.45, 7) is 8.08. The van der Waals surface area contributed by atoms with Crippen LogP contribution in [0.25, 0.3) is 0 Å². The van der Waals surface area contributed by atoms with E-state index in [0.717, 1.165) is 12.2 Å². The first kappa shape index (κ1) is 15.7. The number of aryl methyl sites for hydroxylation is 1. The predicted octanol–water partition coefficient (Wildman–Crippen LogP) is 1.11. The van der Waals surface area contributed by atoms with Crippen molar-refractivity contribution in [2.24, 2.45) is 7.05 Å². The fourth-order valence-corrected chi connectivity index (χ4v) is 1.63. The normalized spacial score (nSPS) is 11.0. The predicted molar refractivity (Wildman–Crippen MR) is 72.0 cm³/mol. The van der Waals surface area contributed by atoms with Gasteiger partial charge in [-0.3, -0.25) is 4.68 Å². The van der Waals surface area contributed by atoms with Crippen LogP contribution in [0.5, 0.6) is 0 Å². The lowest BCUT2D eigenvalue weighted by atomic mass is 10.2. The van der Waals surface area contributed by atoms with E-state index in [1.54, 1.807) is 17.8 Å². The fourth-order valence-electron chi connectivity index (χ4n) is 1.63. The zero-order valence-corrected chi connectivity index (χ0v) is 12.1. The molecule has 0 spiro atoms. The summed E-state index contributed by atoms with van der Waals surface area (Å²) in [6, 6.07) is 0. The second-order valence-corrected chi connectivity index (χ2v) is 4.45. The van der Waals surface area contributed by atoms with E-state index in [-0.39, 0.29) is 12.1 Å². The SMILES string of the molecule is CCOC(=O)c1cnn(C)c1CNCCOC(C)C. The molecule has 0 fully saturated rings. The molecule has 0 atom stereocenters.